The molecule has 0 unspecified atom stereocenters. The monoisotopic (exact) mass is 402 g/mol. The number of carbonyl (C=O) groups is 1. The second-order valence-electron chi connectivity index (χ2n) is 5.87. The number of benzene rings is 1. The Morgan fingerprint density at radius 1 is 1.26 bits per heavy atom. The number of carbonyl (C=O) groups excluding carboxylic acids is 1. The maximum Gasteiger partial charge on any atom is 0.234 e. The second kappa shape index (κ2) is 8.45. The molecule has 3 aromatic rings. The molecule has 27 heavy (non-hydrogen) atoms. The number of aromatic amines is 1. The molecule has 0 saturated heterocycles. The highest BCUT2D eigenvalue weighted by Crippen LogP contribution is 2.32. The van der Waals surface area contributed by atoms with Crippen LogP contribution >= 0.6 is 23.1 Å². The highest BCUT2D eigenvalue weighted by Gasteiger charge is 2.13. The van der Waals surface area contributed by atoms with E-state index in [0.717, 1.165) is 12.2 Å². The third-order valence-corrected chi connectivity index (χ3v) is 5.52. The predicted molar refractivity (Wildman–Crippen MR) is 105 cm³/mol. The van der Waals surface area contributed by atoms with Crippen LogP contribution in [0.1, 0.15) is 17.1 Å². The van der Waals surface area contributed by atoms with Crippen LogP contribution in [0.2, 0.25) is 0 Å². The minimum atomic E-state index is -0.126. The number of thioether (sulfide) groups is 1. The van der Waals surface area contributed by atoms with Gasteiger partial charge in [-0.1, -0.05) is 17.8 Å². The predicted octanol–water partition coefficient (Wildman–Crippen LogP) is 3.35. The van der Waals surface area contributed by atoms with Crippen LogP contribution in [0.5, 0.6) is 11.5 Å². The summed E-state index contributed by atoms with van der Waals surface area (Å²) in [6.45, 7) is 1.25. The molecule has 2 N–H and O–H groups in total. The van der Waals surface area contributed by atoms with Gasteiger partial charge in [0, 0.05) is 29.5 Å². The van der Waals surface area contributed by atoms with Crippen molar-refractivity contribution in [2.24, 2.45) is 0 Å². The van der Waals surface area contributed by atoms with Crippen LogP contribution in [0, 0.1) is 0 Å². The number of hydrogen-bond donors (Lipinski definition) is 2. The summed E-state index contributed by atoms with van der Waals surface area (Å²) >= 11 is 2.97. The number of aromatic nitrogens is 3. The van der Waals surface area contributed by atoms with Crippen LogP contribution in [-0.2, 0) is 11.2 Å². The summed E-state index contributed by atoms with van der Waals surface area (Å²) in [7, 11) is 0. The molecule has 0 saturated carbocycles. The molecule has 140 valence electrons. The average Bonchev–Trinajstić information content (AvgIpc) is 3.28. The van der Waals surface area contributed by atoms with Crippen LogP contribution in [-0.4, -0.2) is 40.1 Å². The first-order valence-electron chi connectivity index (χ1n) is 8.52. The summed E-state index contributed by atoms with van der Waals surface area (Å²) < 4.78 is 11.2. The molecule has 0 atom stereocenters. The number of amides is 1. The van der Waals surface area contributed by atoms with E-state index in [9.17, 15) is 4.79 Å². The van der Waals surface area contributed by atoms with Gasteiger partial charge in [-0.15, -0.1) is 16.4 Å². The summed E-state index contributed by atoms with van der Waals surface area (Å²) in [5, 5.41) is 12.5. The molecule has 1 aliphatic rings. The lowest BCUT2D eigenvalue weighted by Gasteiger charge is -2.10. The van der Waals surface area contributed by atoms with E-state index in [0.29, 0.717) is 42.0 Å². The summed E-state index contributed by atoms with van der Waals surface area (Å²) in [6, 6.07) is 9.48. The molecule has 1 amide bonds. The molecule has 1 aliphatic heterocycles. The first-order chi connectivity index (χ1) is 13.3. The summed E-state index contributed by atoms with van der Waals surface area (Å²) in [5.41, 5.74) is 0.679. The van der Waals surface area contributed by atoms with Crippen LogP contribution < -0.4 is 14.8 Å². The van der Waals surface area contributed by atoms with Crippen molar-refractivity contribution >= 4 is 34.7 Å². The molecule has 7 nitrogen and oxygen atoms in total. The normalized spacial score (nSPS) is 13.2. The minimum absolute atomic E-state index is 0.126. The van der Waals surface area contributed by atoms with Gasteiger partial charge in [0.25, 0.3) is 0 Å². The van der Waals surface area contributed by atoms with Gasteiger partial charge in [-0.25, -0.2) is 4.98 Å². The number of anilines is 1. The molecule has 2 aromatic heterocycles. The second-order valence-corrected chi connectivity index (χ2v) is 7.84. The molecular weight excluding hydrogens is 384 g/mol. The van der Waals surface area contributed by atoms with Gasteiger partial charge in [-0.05, 0) is 23.6 Å². The van der Waals surface area contributed by atoms with E-state index < -0.39 is 0 Å². The quantitative estimate of drug-likeness (QED) is 0.615. The Morgan fingerprint density at radius 3 is 3.00 bits per heavy atom. The molecule has 0 aliphatic carbocycles. The van der Waals surface area contributed by atoms with E-state index in [1.165, 1.54) is 16.6 Å². The number of rotatable bonds is 6. The van der Waals surface area contributed by atoms with E-state index in [1.54, 1.807) is 17.4 Å². The fourth-order valence-corrected chi connectivity index (χ4v) is 3.89. The van der Waals surface area contributed by atoms with Crippen LogP contribution in [0.15, 0.2) is 40.9 Å². The van der Waals surface area contributed by atoms with Gasteiger partial charge in [0.2, 0.25) is 11.1 Å². The van der Waals surface area contributed by atoms with Crippen LogP contribution in [0.25, 0.3) is 0 Å². The summed E-state index contributed by atoms with van der Waals surface area (Å²) in [5.74, 6) is 2.26. The van der Waals surface area contributed by atoms with Gasteiger partial charge in [0.05, 0.1) is 19.0 Å². The van der Waals surface area contributed by atoms with Crippen molar-refractivity contribution in [1.29, 1.82) is 0 Å². The Hall–Kier alpha value is -2.52. The molecular formula is C18H18N4O3S2. The molecule has 0 radical (unpaired) electrons. The van der Waals surface area contributed by atoms with Crippen molar-refractivity contribution < 1.29 is 14.3 Å². The number of fused-ring (bicyclic) bond motifs is 1. The van der Waals surface area contributed by atoms with Crippen molar-refractivity contribution in [2.45, 2.75) is 18.0 Å². The van der Waals surface area contributed by atoms with Gasteiger partial charge in [-0.2, -0.15) is 0 Å². The van der Waals surface area contributed by atoms with E-state index in [-0.39, 0.29) is 11.7 Å². The zero-order valence-electron chi connectivity index (χ0n) is 14.4. The lowest BCUT2D eigenvalue weighted by molar-refractivity contribution is -0.113. The highest BCUT2D eigenvalue weighted by molar-refractivity contribution is 7.99. The Labute approximate surface area is 164 Å². The molecule has 0 spiro atoms. The number of thiophene rings is 1. The lowest BCUT2D eigenvalue weighted by Crippen LogP contribution is -2.14. The van der Waals surface area contributed by atoms with Gasteiger partial charge < -0.3 is 14.8 Å². The van der Waals surface area contributed by atoms with E-state index in [1.807, 2.05) is 23.6 Å². The van der Waals surface area contributed by atoms with E-state index >= 15 is 0 Å². The number of hydrogen-bond acceptors (Lipinski definition) is 7. The molecule has 9 heteroatoms. The largest absolute Gasteiger partial charge is 0.490 e. The molecule has 0 bridgehead atoms. The summed E-state index contributed by atoms with van der Waals surface area (Å²) in [6.07, 6.45) is 1.56. The van der Waals surface area contributed by atoms with E-state index in [4.69, 9.17) is 9.47 Å². The number of nitrogens with one attached hydrogen (secondary N) is 2. The smallest absolute Gasteiger partial charge is 0.234 e. The first-order valence-corrected chi connectivity index (χ1v) is 10.4. The molecule has 1 aromatic carbocycles. The Morgan fingerprint density at radius 2 is 2.15 bits per heavy atom. The number of nitrogens with zero attached hydrogens (tertiary/aromatic N) is 2. The molecule has 3 heterocycles. The minimum Gasteiger partial charge on any atom is -0.490 e. The van der Waals surface area contributed by atoms with Crippen LogP contribution in [0.4, 0.5) is 5.69 Å². The van der Waals surface area contributed by atoms with Crippen molar-refractivity contribution in [3.05, 3.63) is 46.4 Å². The Kier molecular flexibility index (Phi) is 5.59. The third kappa shape index (κ3) is 4.81. The molecule has 4 rings (SSSR count). The maximum atomic E-state index is 12.2. The van der Waals surface area contributed by atoms with Crippen molar-refractivity contribution in [2.75, 3.05) is 24.3 Å². The van der Waals surface area contributed by atoms with E-state index in [2.05, 4.69) is 26.6 Å². The SMILES string of the molecule is O=C(CSc1n[nH]c(Cc2cccs2)n1)Nc1ccc2c(c1)OCCCO2. The van der Waals surface area contributed by atoms with Crippen molar-refractivity contribution in [3.63, 3.8) is 0 Å². The van der Waals surface area contributed by atoms with Gasteiger partial charge in [0.1, 0.15) is 5.82 Å². The topological polar surface area (TPSA) is 89.1 Å². The standard InChI is InChI=1S/C18H18N4O3S2/c23-17(19-12-4-5-14-15(9-12)25-7-2-6-24-14)11-27-18-20-16(21-22-18)10-13-3-1-8-26-13/h1,3-5,8-9H,2,6-7,10-11H2,(H,19,23)(H,20,21,22). The maximum absolute atomic E-state index is 12.2. The van der Waals surface area contributed by atoms with Gasteiger partial charge >= 0.3 is 0 Å². The summed E-state index contributed by atoms with van der Waals surface area (Å²) in [4.78, 5) is 17.9. The number of H-pyrrole nitrogens is 1. The molecule has 0 fully saturated rings. The fourth-order valence-electron chi connectivity index (χ4n) is 2.57. The van der Waals surface area contributed by atoms with Crippen molar-refractivity contribution in [1.82, 2.24) is 15.2 Å². The van der Waals surface area contributed by atoms with Crippen LogP contribution in [0.3, 0.4) is 0 Å². The van der Waals surface area contributed by atoms with Gasteiger partial charge in [-0.3, -0.25) is 9.89 Å². The zero-order valence-corrected chi connectivity index (χ0v) is 16.1. The average molecular weight is 403 g/mol. The Bertz CT molecular complexity index is 911. The first kappa shape index (κ1) is 17.9. The zero-order chi connectivity index (χ0) is 18.5. The third-order valence-electron chi connectivity index (χ3n) is 3.80. The van der Waals surface area contributed by atoms with Gasteiger partial charge in [0.15, 0.2) is 11.5 Å². The number of ether oxygens (including phenoxy) is 2. The lowest BCUT2D eigenvalue weighted by atomic mass is 10.2. The fraction of sp³-hybridized carbons (Fsp3) is 0.278. The Balaban J connectivity index is 1.30. The highest BCUT2D eigenvalue weighted by atomic mass is 32.2. The van der Waals surface area contributed by atoms with Crippen molar-refractivity contribution in [3.8, 4) is 11.5 Å².